The van der Waals surface area contributed by atoms with E-state index in [-0.39, 0.29) is 0 Å². The van der Waals surface area contributed by atoms with Crippen molar-refractivity contribution in [3.05, 3.63) is 0 Å². The minimum absolute atomic E-state index is 0.594. The first-order chi connectivity index (χ1) is 7.47. The first-order valence-corrected chi connectivity index (χ1v) is 7.18. The predicted octanol–water partition coefficient (Wildman–Crippen LogP) is 3.84. The van der Waals surface area contributed by atoms with Crippen LogP contribution < -0.4 is 5.32 Å². The zero-order valence-electron chi connectivity index (χ0n) is 11.6. The van der Waals surface area contributed by atoms with Crippen molar-refractivity contribution in [2.24, 2.45) is 22.7 Å². The maximum Gasteiger partial charge on any atom is -0.00150 e. The smallest absolute Gasteiger partial charge is 0.00150 e. The van der Waals surface area contributed by atoms with Crippen LogP contribution in [-0.4, -0.2) is 13.1 Å². The Hall–Kier alpha value is -0.0400. The Morgan fingerprint density at radius 3 is 2.56 bits per heavy atom. The van der Waals surface area contributed by atoms with Crippen LogP contribution in [0.5, 0.6) is 0 Å². The first-order valence-electron chi connectivity index (χ1n) is 7.18. The largest absolute Gasteiger partial charge is 0.316 e. The van der Waals surface area contributed by atoms with Gasteiger partial charge in [-0.3, -0.25) is 0 Å². The minimum atomic E-state index is 0.594. The van der Waals surface area contributed by atoms with E-state index in [4.69, 9.17) is 0 Å². The maximum absolute atomic E-state index is 3.61. The molecule has 2 fully saturated rings. The van der Waals surface area contributed by atoms with Crippen LogP contribution >= 0.6 is 0 Å². The summed E-state index contributed by atoms with van der Waals surface area (Å²) in [5.41, 5.74) is 1.33. The van der Waals surface area contributed by atoms with Crippen molar-refractivity contribution in [3.63, 3.8) is 0 Å². The van der Waals surface area contributed by atoms with E-state index in [2.05, 4.69) is 33.0 Å². The van der Waals surface area contributed by atoms with Gasteiger partial charge in [0.25, 0.3) is 0 Å². The molecule has 0 saturated heterocycles. The van der Waals surface area contributed by atoms with Crippen LogP contribution in [0, 0.1) is 22.7 Å². The molecule has 0 bridgehead atoms. The fourth-order valence-corrected chi connectivity index (χ4v) is 4.45. The van der Waals surface area contributed by atoms with Crippen LogP contribution in [0.15, 0.2) is 0 Å². The highest BCUT2D eigenvalue weighted by molar-refractivity contribution is 5.08. The maximum atomic E-state index is 3.61. The standard InChI is InChI=1S/C15H29N/c1-5-6-16-10-13-9-15(13)8-12(2)7-14(3,4)11-15/h12-13,16H,5-11H2,1-4H3. The molecule has 1 N–H and O–H groups in total. The summed E-state index contributed by atoms with van der Waals surface area (Å²) < 4.78 is 0. The SMILES string of the molecule is CCCNCC1CC12CC(C)CC(C)(C)C2. The number of hydrogen-bond acceptors (Lipinski definition) is 1. The molecule has 0 heterocycles. The molecule has 94 valence electrons. The van der Waals surface area contributed by atoms with Crippen molar-refractivity contribution in [2.75, 3.05) is 13.1 Å². The van der Waals surface area contributed by atoms with E-state index >= 15 is 0 Å². The number of rotatable bonds is 4. The molecule has 2 aliphatic rings. The summed E-state index contributed by atoms with van der Waals surface area (Å²) in [6, 6.07) is 0. The molecular weight excluding hydrogens is 194 g/mol. The van der Waals surface area contributed by atoms with Gasteiger partial charge in [0, 0.05) is 0 Å². The second-order valence-corrected chi connectivity index (χ2v) is 7.32. The van der Waals surface area contributed by atoms with Gasteiger partial charge in [-0.2, -0.15) is 0 Å². The van der Waals surface area contributed by atoms with Gasteiger partial charge in [-0.1, -0.05) is 27.7 Å². The zero-order chi connectivity index (χ0) is 11.8. The summed E-state index contributed by atoms with van der Waals surface area (Å²) in [5.74, 6) is 1.93. The third-order valence-corrected chi connectivity index (χ3v) is 4.66. The topological polar surface area (TPSA) is 12.0 Å². The summed E-state index contributed by atoms with van der Waals surface area (Å²) in [5, 5.41) is 3.61. The molecule has 0 aromatic carbocycles. The van der Waals surface area contributed by atoms with Crippen LogP contribution in [0.2, 0.25) is 0 Å². The number of hydrogen-bond donors (Lipinski definition) is 1. The summed E-state index contributed by atoms with van der Waals surface area (Å²) >= 11 is 0. The van der Waals surface area contributed by atoms with Crippen molar-refractivity contribution >= 4 is 0 Å². The van der Waals surface area contributed by atoms with Gasteiger partial charge in [0.15, 0.2) is 0 Å². The van der Waals surface area contributed by atoms with Gasteiger partial charge in [0.1, 0.15) is 0 Å². The Morgan fingerprint density at radius 1 is 1.19 bits per heavy atom. The van der Waals surface area contributed by atoms with E-state index in [1.165, 1.54) is 45.2 Å². The third kappa shape index (κ3) is 2.61. The minimum Gasteiger partial charge on any atom is -0.316 e. The highest BCUT2D eigenvalue weighted by Gasteiger charge is 2.57. The summed E-state index contributed by atoms with van der Waals surface area (Å²) in [6.07, 6.45) is 7.17. The molecule has 16 heavy (non-hydrogen) atoms. The molecular formula is C15H29N. The Bertz CT molecular complexity index is 246. The average Bonchev–Trinajstić information content (AvgIpc) is 2.74. The Balaban J connectivity index is 1.86. The van der Waals surface area contributed by atoms with Crippen LogP contribution in [0.3, 0.4) is 0 Å². The van der Waals surface area contributed by atoms with E-state index in [1.54, 1.807) is 0 Å². The van der Waals surface area contributed by atoms with Gasteiger partial charge in [0.2, 0.25) is 0 Å². The van der Waals surface area contributed by atoms with Crippen molar-refractivity contribution in [1.82, 2.24) is 5.32 Å². The van der Waals surface area contributed by atoms with Crippen molar-refractivity contribution in [2.45, 2.75) is 59.8 Å². The second-order valence-electron chi connectivity index (χ2n) is 7.32. The van der Waals surface area contributed by atoms with Gasteiger partial charge >= 0.3 is 0 Å². The molecule has 0 aromatic rings. The number of nitrogens with one attached hydrogen (secondary N) is 1. The van der Waals surface area contributed by atoms with E-state index in [9.17, 15) is 0 Å². The zero-order valence-corrected chi connectivity index (χ0v) is 11.6. The molecule has 1 spiro atoms. The van der Waals surface area contributed by atoms with E-state index in [0.717, 1.165) is 17.3 Å². The van der Waals surface area contributed by atoms with Gasteiger partial charge in [-0.15, -0.1) is 0 Å². The molecule has 0 radical (unpaired) electrons. The second kappa shape index (κ2) is 4.33. The lowest BCUT2D eigenvalue weighted by molar-refractivity contribution is 0.107. The monoisotopic (exact) mass is 223 g/mol. The van der Waals surface area contributed by atoms with Gasteiger partial charge in [0.05, 0.1) is 0 Å². The van der Waals surface area contributed by atoms with Gasteiger partial charge in [-0.05, 0) is 67.9 Å². The van der Waals surface area contributed by atoms with Crippen molar-refractivity contribution < 1.29 is 0 Å². The van der Waals surface area contributed by atoms with Crippen molar-refractivity contribution in [3.8, 4) is 0 Å². The Kier molecular flexibility index (Phi) is 3.36. The molecule has 2 saturated carbocycles. The molecule has 2 aliphatic carbocycles. The molecule has 1 nitrogen and oxygen atoms in total. The fourth-order valence-electron chi connectivity index (χ4n) is 4.45. The van der Waals surface area contributed by atoms with Crippen LogP contribution in [0.1, 0.15) is 59.8 Å². The third-order valence-electron chi connectivity index (χ3n) is 4.66. The Labute approximate surface area is 101 Å². The average molecular weight is 223 g/mol. The van der Waals surface area contributed by atoms with Crippen LogP contribution in [0.25, 0.3) is 0 Å². The van der Waals surface area contributed by atoms with E-state index in [1.807, 2.05) is 0 Å². The van der Waals surface area contributed by atoms with Crippen LogP contribution in [0.4, 0.5) is 0 Å². The fraction of sp³-hybridized carbons (Fsp3) is 1.00. The lowest BCUT2D eigenvalue weighted by atomic mass is 9.65. The first kappa shape index (κ1) is 12.4. The molecule has 3 atom stereocenters. The summed E-state index contributed by atoms with van der Waals surface area (Å²) in [4.78, 5) is 0. The molecule has 0 amide bonds. The highest BCUT2D eigenvalue weighted by atomic mass is 14.9. The molecule has 0 aliphatic heterocycles. The van der Waals surface area contributed by atoms with E-state index in [0.29, 0.717) is 5.41 Å². The quantitative estimate of drug-likeness (QED) is 0.714. The lowest BCUT2D eigenvalue weighted by Crippen LogP contribution is -2.31. The highest BCUT2D eigenvalue weighted by Crippen LogP contribution is 2.65. The molecule has 0 aromatic heterocycles. The predicted molar refractivity (Wildman–Crippen MR) is 70.5 cm³/mol. The van der Waals surface area contributed by atoms with Gasteiger partial charge < -0.3 is 5.32 Å². The lowest BCUT2D eigenvalue weighted by Gasteiger charge is -2.40. The molecule has 1 heteroatoms. The molecule has 2 rings (SSSR count). The summed E-state index contributed by atoms with van der Waals surface area (Å²) in [7, 11) is 0. The Morgan fingerprint density at radius 2 is 1.94 bits per heavy atom. The molecule has 3 unspecified atom stereocenters. The normalized spacial score (nSPS) is 41.2. The van der Waals surface area contributed by atoms with Crippen LogP contribution in [-0.2, 0) is 0 Å². The summed E-state index contributed by atoms with van der Waals surface area (Å²) in [6.45, 7) is 12.1. The van der Waals surface area contributed by atoms with Gasteiger partial charge in [-0.25, -0.2) is 0 Å². The van der Waals surface area contributed by atoms with Crippen molar-refractivity contribution in [1.29, 1.82) is 0 Å². The van der Waals surface area contributed by atoms with E-state index < -0.39 is 0 Å².